The van der Waals surface area contributed by atoms with E-state index in [9.17, 15) is 9.18 Å². The van der Waals surface area contributed by atoms with Crippen LogP contribution in [0.15, 0.2) is 71.7 Å². The molecule has 1 aliphatic heterocycles. The Bertz CT molecular complexity index is 1460. The van der Waals surface area contributed by atoms with Crippen molar-refractivity contribution in [2.24, 2.45) is 0 Å². The van der Waals surface area contributed by atoms with Gasteiger partial charge in [-0.25, -0.2) is 4.39 Å². The Morgan fingerprint density at radius 3 is 2.38 bits per heavy atom. The number of para-hydroxylation sites is 1. The van der Waals surface area contributed by atoms with Gasteiger partial charge in [-0.05, 0) is 55.3 Å². The molecule has 1 N–H and O–H groups in total. The molecule has 0 spiro atoms. The summed E-state index contributed by atoms with van der Waals surface area (Å²) in [5.74, 6) is -0.583. The first kappa shape index (κ1) is 21.9. The summed E-state index contributed by atoms with van der Waals surface area (Å²) < 4.78 is 20.0. The Morgan fingerprint density at radius 1 is 1.00 bits per heavy atom. The number of nitrogens with zero attached hydrogens (tertiary/aromatic N) is 2. The second-order valence-corrected chi connectivity index (χ2v) is 8.78. The summed E-state index contributed by atoms with van der Waals surface area (Å²) in [6.45, 7) is 5.82. The van der Waals surface area contributed by atoms with Crippen LogP contribution in [0.2, 0.25) is 0 Å². The number of fused-ring (bicyclic) bond motifs is 1. The van der Waals surface area contributed by atoms with Crippen LogP contribution in [0.4, 0.5) is 10.1 Å². The van der Waals surface area contributed by atoms with Crippen LogP contribution in [0.1, 0.15) is 19.4 Å². The molecule has 5 rings (SSSR count). The number of aromatic amines is 1. The molecule has 0 aliphatic carbocycles. The molecule has 0 bridgehead atoms. The fourth-order valence-electron chi connectivity index (χ4n) is 4.72. The van der Waals surface area contributed by atoms with Crippen molar-refractivity contribution >= 4 is 16.6 Å². The topological polar surface area (TPSA) is 69.1 Å². The normalized spacial score (nSPS) is 18.1. The molecule has 2 heterocycles. The molecule has 2 unspecified atom stereocenters. The zero-order valence-corrected chi connectivity index (χ0v) is 19.0. The maximum atomic E-state index is 14.2. The number of H-pyrrole nitrogens is 1. The van der Waals surface area contributed by atoms with Gasteiger partial charge in [0.05, 0.1) is 23.3 Å². The number of hydrogen-bond acceptors (Lipinski definition) is 4. The number of hydrogen-bond donors (Lipinski definition) is 1. The minimum atomic E-state index is -0.583. The van der Waals surface area contributed by atoms with E-state index in [-0.39, 0.29) is 23.2 Å². The third kappa shape index (κ3) is 3.95. The average Bonchev–Trinajstić information content (AvgIpc) is 2.83. The maximum absolute atomic E-state index is 14.2. The lowest BCUT2D eigenvalue weighted by molar-refractivity contribution is -0.00521. The molecule has 2 atom stereocenters. The van der Waals surface area contributed by atoms with Gasteiger partial charge in [-0.2, -0.15) is 5.26 Å². The number of halogens is 1. The van der Waals surface area contributed by atoms with Crippen LogP contribution in [-0.4, -0.2) is 30.3 Å². The summed E-state index contributed by atoms with van der Waals surface area (Å²) >= 11 is 0. The van der Waals surface area contributed by atoms with Crippen LogP contribution >= 0.6 is 0 Å². The van der Waals surface area contributed by atoms with Gasteiger partial charge in [0.1, 0.15) is 11.9 Å². The number of pyridine rings is 1. The zero-order valence-electron chi connectivity index (χ0n) is 19.0. The first-order valence-corrected chi connectivity index (χ1v) is 11.3. The molecule has 170 valence electrons. The minimum absolute atomic E-state index is 0.00999. The van der Waals surface area contributed by atoms with E-state index in [0.29, 0.717) is 27.6 Å². The average molecular weight is 454 g/mol. The Balaban J connectivity index is 1.51. The quantitative estimate of drug-likeness (QED) is 0.446. The van der Waals surface area contributed by atoms with E-state index in [0.717, 1.165) is 24.3 Å². The molecule has 0 saturated carbocycles. The Labute approximate surface area is 197 Å². The van der Waals surface area contributed by atoms with E-state index in [1.165, 1.54) is 12.1 Å². The van der Waals surface area contributed by atoms with Crippen molar-refractivity contribution in [3.8, 4) is 28.3 Å². The molecule has 3 aromatic carbocycles. The molecule has 1 saturated heterocycles. The number of aromatic nitrogens is 1. The van der Waals surface area contributed by atoms with Gasteiger partial charge in [0.2, 0.25) is 0 Å². The van der Waals surface area contributed by atoms with E-state index in [2.05, 4.69) is 23.7 Å². The highest BCUT2D eigenvalue weighted by molar-refractivity contribution is 5.95. The van der Waals surface area contributed by atoms with Gasteiger partial charge in [0.25, 0.3) is 0 Å². The lowest BCUT2D eigenvalue weighted by Gasteiger charge is -2.36. The van der Waals surface area contributed by atoms with Crippen molar-refractivity contribution < 1.29 is 9.13 Å². The first-order chi connectivity index (χ1) is 16.4. The smallest absolute Gasteiger partial charge is 0.197 e. The van der Waals surface area contributed by atoms with Crippen molar-refractivity contribution in [2.45, 2.75) is 26.1 Å². The summed E-state index contributed by atoms with van der Waals surface area (Å²) in [7, 11) is 0. The number of nitriles is 1. The number of benzene rings is 3. The predicted molar refractivity (Wildman–Crippen MR) is 132 cm³/mol. The van der Waals surface area contributed by atoms with Crippen molar-refractivity contribution in [1.82, 2.24) is 4.98 Å². The Hall–Kier alpha value is -3.95. The van der Waals surface area contributed by atoms with Crippen LogP contribution in [0, 0.1) is 17.1 Å². The van der Waals surface area contributed by atoms with Crippen LogP contribution < -0.4 is 10.3 Å². The fraction of sp³-hybridized carbons (Fsp3) is 0.214. The maximum Gasteiger partial charge on any atom is 0.197 e. The fourth-order valence-corrected chi connectivity index (χ4v) is 4.72. The number of anilines is 1. The number of rotatable bonds is 3. The minimum Gasteiger partial charge on any atom is -0.372 e. The van der Waals surface area contributed by atoms with Crippen LogP contribution in [-0.2, 0) is 4.74 Å². The standard InChI is InChI=1S/C28H24FN3O2/c1-17-15-32(16-18(2)34-17)22-10-8-19(9-11-22)25-14-31-27-23(4-3-5-24(27)28(25)33)20-6-7-21(13-30)26(29)12-20/h3-12,14,17-18H,15-16H2,1-2H3,(H,31,33). The molecule has 4 aromatic rings. The molecule has 0 radical (unpaired) electrons. The molecule has 1 aromatic heterocycles. The first-order valence-electron chi connectivity index (χ1n) is 11.3. The largest absolute Gasteiger partial charge is 0.372 e. The van der Waals surface area contributed by atoms with Crippen molar-refractivity contribution in [2.75, 3.05) is 18.0 Å². The molecule has 34 heavy (non-hydrogen) atoms. The molecule has 1 fully saturated rings. The van der Waals surface area contributed by atoms with Gasteiger partial charge in [0.15, 0.2) is 5.43 Å². The molecular formula is C28H24FN3O2. The summed E-state index contributed by atoms with van der Waals surface area (Å²) in [5, 5.41) is 9.52. The van der Waals surface area contributed by atoms with Crippen molar-refractivity contribution in [1.29, 1.82) is 5.26 Å². The highest BCUT2D eigenvalue weighted by atomic mass is 19.1. The van der Waals surface area contributed by atoms with Gasteiger partial charge in [-0.1, -0.05) is 30.3 Å². The highest BCUT2D eigenvalue weighted by Gasteiger charge is 2.22. The van der Waals surface area contributed by atoms with Gasteiger partial charge in [-0.3, -0.25) is 4.79 Å². The molecule has 1 aliphatic rings. The number of nitrogens with one attached hydrogen (secondary N) is 1. The van der Waals surface area contributed by atoms with E-state index < -0.39 is 5.82 Å². The molecular weight excluding hydrogens is 429 g/mol. The third-order valence-corrected chi connectivity index (χ3v) is 6.28. The van der Waals surface area contributed by atoms with Gasteiger partial charge >= 0.3 is 0 Å². The van der Waals surface area contributed by atoms with Gasteiger partial charge in [0, 0.05) is 41.5 Å². The second-order valence-electron chi connectivity index (χ2n) is 8.78. The van der Waals surface area contributed by atoms with Crippen LogP contribution in [0.3, 0.4) is 0 Å². The van der Waals surface area contributed by atoms with E-state index in [1.54, 1.807) is 24.4 Å². The summed E-state index contributed by atoms with van der Waals surface area (Å²) in [5.41, 5.74) is 4.35. The van der Waals surface area contributed by atoms with Crippen molar-refractivity contribution in [3.05, 3.63) is 88.5 Å². The van der Waals surface area contributed by atoms with E-state index >= 15 is 0 Å². The SMILES string of the molecule is CC1CN(c2ccc(-c3c[nH]c4c(-c5ccc(C#N)c(F)c5)cccc4c3=O)cc2)CC(C)O1. The zero-order chi connectivity index (χ0) is 23.8. The highest BCUT2D eigenvalue weighted by Crippen LogP contribution is 2.29. The molecule has 6 heteroatoms. The van der Waals surface area contributed by atoms with Gasteiger partial charge in [-0.15, -0.1) is 0 Å². The molecule has 0 amide bonds. The van der Waals surface area contributed by atoms with Crippen LogP contribution in [0.25, 0.3) is 33.2 Å². The lowest BCUT2D eigenvalue weighted by atomic mass is 9.98. The monoisotopic (exact) mass is 453 g/mol. The molecule has 5 nitrogen and oxygen atoms in total. The summed E-state index contributed by atoms with van der Waals surface area (Å²) in [6.07, 6.45) is 2.05. The third-order valence-electron chi connectivity index (χ3n) is 6.28. The number of ether oxygens (including phenoxy) is 1. The lowest BCUT2D eigenvalue weighted by Crippen LogP contribution is -2.45. The number of morpholine rings is 1. The van der Waals surface area contributed by atoms with Crippen LogP contribution in [0.5, 0.6) is 0 Å². The Kier molecular flexibility index (Phi) is 5.64. The van der Waals surface area contributed by atoms with E-state index in [4.69, 9.17) is 10.00 Å². The summed E-state index contributed by atoms with van der Waals surface area (Å²) in [4.78, 5) is 18.9. The second kappa shape index (κ2) is 8.77. The van der Waals surface area contributed by atoms with Crippen molar-refractivity contribution in [3.63, 3.8) is 0 Å². The van der Waals surface area contributed by atoms with Gasteiger partial charge < -0.3 is 14.6 Å². The summed E-state index contributed by atoms with van der Waals surface area (Å²) in [6, 6.07) is 19.7. The van der Waals surface area contributed by atoms with E-state index in [1.807, 2.05) is 36.4 Å². The predicted octanol–water partition coefficient (Wildman–Crippen LogP) is 5.49. The Morgan fingerprint density at radius 2 is 1.71 bits per heavy atom.